The Bertz CT molecular complexity index is 1130. The maximum Gasteiger partial charge on any atom is 0.251 e. The summed E-state index contributed by atoms with van der Waals surface area (Å²) in [5.74, 6) is 1.57. The van der Waals surface area contributed by atoms with Crippen LogP contribution in [0, 0.1) is 0 Å². The number of aromatic nitrogens is 3. The number of anilines is 1. The number of ether oxygens (including phenoxy) is 1. The van der Waals surface area contributed by atoms with Crippen LogP contribution in [0.1, 0.15) is 48.1 Å². The second-order valence-corrected chi connectivity index (χ2v) is 10.5. The summed E-state index contributed by atoms with van der Waals surface area (Å²) in [5.41, 5.74) is 3.63. The van der Waals surface area contributed by atoms with Gasteiger partial charge in [-0.05, 0) is 29.8 Å². The Hall–Kier alpha value is -2.97. The topological polar surface area (TPSA) is 80.2 Å². The van der Waals surface area contributed by atoms with E-state index < -0.39 is 0 Å². The number of amides is 1. The summed E-state index contributed by atoms with van der Waals surface area (Å²) in [5, 5.41) is 3.74. The van der Waals surface area contributed by atoms with E-state index in [0.717, 1.165) is 41.0 Å². The highest BCUT2D eigenvalue weighted by Gasteiger charge is 2.21. The lowest BCUT2D eigenvalue weighted by molar-refractivity contribution is 0.0954. The van der Waals surface area contributed by atoms with Crippen LogP contribution in [0.3, 0.4) is 0 Å². The molecule has 1 amide bonds. The second kappa shape index (κ2) is 11.6. The average molecular weight is 492 g/mol. The Morgan fingerprint density at radius 1 is 1.09 bits per heavy atom. The molecule has 0 bridgehead atoms. The number of morpholine rings is 1. The molecule has 0 aliphatic carbocycles. The molecule has 1 aromatic carbocycles. The van der Waals surface area contributed by atoms with Crippen molar-refractivity contribution in [3.8, 4) is 0 Å². The van der Waals surface area contributed by atoms with Crippen molar-refractivity contribution >= 4 is 23.5 Å². The molecule has 3 heterocycles. The van der Waals surface area contributed by atoms with Gasteiger partial charge < -0.3 is 15.0 Å². The van der Waals surface area contributed by atoms with Crippen LogP contribution in [0.15, 0.2) is 59.9 Å². The summed E-state index contributed by atoms with van der Waals surface area (Å²) < 4.78 is 5.51. The maximum absolute atomic E-state index is 12.7. The van der Waals surface area contributed by atoms with Crippen LogP contribution in [-0.2, 0) is 22.3 Å². The third-order valence-corrected chi connectivity index (χ3v) is 6.66. The summed E-state index contributed by atoms with van der Waals surface area (Å²) in [4.78, 5) is 28.9. The van der Waals surface area contributed by atoms with E-state index in [9.17, 15) is 4.79 Å². The fourth-order valence-electron chi connectivity index (χ4n) is 3.72. The average Bonchev–Trinajstić information content (AvgIpc) is 2.88. The molecule has 3 aromatic rings. The quantitative estimate of drug-likeness (QED) is 0.372. The van der Waals surface area contributed by atoms with Crippen LogP contribution in [0.25, 0.3) is 0 Å². The molecule has 1 saturated heterocycles. The monoisotopic (exact) mass is 491 g/mol. The summed E-state index contributed by atoms with van der Waals surface area (Å²) in [6.45, 7) is 10.2. The molecule has 35 heavy (non-hydrogen) atoms. The predicted molar refractivity (Wildman–Crippen MR) is 140 cm³/mol. The smallest absolute Gasteiger partial charge is 0.251 e. The van der Waals surface area contributed by atoms with Crippen molar-refractivity contribution in [2.75, 3.05) is 37.7 Å². The molecule has 0 radical (unpaired) electrons. The molecular weight excluding hydrogens is 458 g/mol. The fraction of sp³-hybridized carbons (Fsp3) is 0.407. The van der Waals surface area contributed by atoms with Gasteiger partial charge in [-0.15, -0.1) is 0 Å². The van der Waals surface area contributed by atoms with Gasteiger partial charge in [-0.3, -0.25) is 9.78 Å². The van der Waals surface area contributed by atoms with Gasteiger partial charge in [0.1, 0.15) is 5.82 Å². The summed E-state index contributed by atoms with van der Waals surface area (Å²) >= 11 is 1.60. The number of hydrogen-bond acceptors (Lipinski definition) is 7. The zero-order valence-corrected chi connectivity index (χ0v) is 21.5. The molecule has 0 saturated carbocycles. The van der Waals surface area contributed by atoms with Gasteiger partial charge in [-0.2, -0.15) is 0 Å². The van der Waals surface area contributed by atoms with Crippen molar-refractivity contribution in [3.05, 3.63) is 77.2 Å². The third kappa shape index (κ3) is 7.26. The molecule has 1 N–H and O–H groups in total. The van der Waals surface area contributed by atoms with Crippen LogP contribution in [0.2, 0.25) is 0 Å². The Morgan fingerprint density at radius 3 is 2.66 bits per heavy atom. The van der Waals surface area contributed by atoms with Crippen molar-refractivity contribution in [2.45, 2.75) is 43.5 Å². The molecule has 1 aliphatic rings. The Kier molecular flexibility index (Phi) is 8.36. The van der Waals surface area contributed by atoms with Crippen molar-refractivity contribution < 1.29 is 9.53 Å². The minimum Gasteiger partial charge on any atom is -0.378 e. The van der Waals surface area contributed by atoms with Gasteiger partial charge in [0.05, 0.1) is 18.9 Å². The van der Waals surface area contributed by atoms with Gasteiger partial charge in [0.15, 0.2) is 5.16 Å². The van der Waals surface area contributed by atoms with Crippen LogP contribution in [0.4, 0.5) is 5.82 Å². The number of pyridine rings is 1. The van der Waals surface area contributed by atoms with Gasteiger partial charge in [-0.25, -0.2) is 9.97 Å². The number of thioether (sulfide) groups is 1. The number of nitrogens with one attached hydrogen (secondary N) is 1. The van der Waals surface area contributed by atoms with Crippen LogP contribution < -0.4 is 10.2 Å². The molecule has 0 unspecified atom stereocenters. The lowest BCUT2D eigenvalue weighted by Gasteiger charge is -2.29. The molecular formula is C27H33N5O2S. The zero-order valence-electron chi connectivity index (χ0n) is 20.7. The first kappa shape index (κ1) is 25.1. The maximum atomic E-state index is 12.7. The molecule has 7 nitrogen and oxygen atoms in total. The minimum atomic E-state index is -0.0768. The van der Waals surface area contributed by atoms with Gasteiger partial charge in [0.25, 0.3) is 5.91 Å². The Balaban J connectivity index is 1.40. The lowest BCUT2D eigenvalue weighted by atomic mass is 9.92. The highest BCUT2D eigenvalue weighted by molar-refractivity contribution is 7.98. The number of carbonyl (C=O) groups excluding carboxylic acids is 1. The molecule has 184 valence electrons. The zero-order chi connectivity index (χ0) is 24.7. The van der Waals surface area contributed by atoms with Crippen LogP contribution in [0.5, 0.6) is 0 Å². The van der Waals surface area contributed by atoms with E-state index in [1.807, 2.05) is 42.5 Å². The van der Waals surface area contributed by atoms with E-state index >= 15 is 0 Å². The van der Waals surface area contributed by atoms with E-state index in [1.165, 1.54) is 0 Å². The van der Waals surface area contributed by atoms with E-state index in [-0.39, 0.29) is 11.3 Å². The van der Waals surface area contributed by atoms with Gasteiger partial charge in [0, 0.05) is 60.7 Å². The van der Waals surface area contributed by atoms with Crippen LogP contribution in [-0.4, -0.2) is 53.7 Å². The molecule has 4 rings (SSSR count). The Morgan fingerprint density at radius 2 is 1.91 bits per heavy atom. The summed E-state index contributed by atoms with van der Waals surface area (Å²) in [6, 6.07) is 15.7. The standard InChI is InChI=1S/C27H33N5O2S/c1-27(2,3)23-18-24(32-13-15-34-16-14-32)31-26(30-23)35-19-20-7-6-8-21(17-20)25(33)29-12-10-22-9-4-5-11-28-22/h4-9,11,17-18H,10,12-16,19H2,1-3H3,(H,29,33). The minimum absolute atomic E-state index is 0.0756. The highest BCUT2D eigenvalue weighted by Crippen LogP contribution is 2.29. The SMILES string of the molecule is CC(C)(C)c1cc(N2CCOCC2)nc(SCc2cccc(C(=O)NCCc3ccccn3)c2)n1. The predicted octanol–water partition coefficient (Wildman–Crippen LogP) is 4.27. The number of carbonyl (C=O) groups is 1. The molecule has 8 heteroatoms. The first-order valence-corrected chi connectivity index (χ1v) is 13.0. The normalized spacial score (nSPS) is 14.1. The van der Waals surface area contributed by atoms with E-state index in [1.54, 1.807) is 18.0 Å². The second-order valence-electron chi connectivity index (χ2n) is 9.56. The molecule has 2 aromatic heterocycles. The fourth-order valence-corrected chi connectivity index (χ4v) is 4.51. The van der Waals surface area contributed by atoms with Gasteiger partial charge in [0.2, 0.25) is 0 Å². The van der Waals surface area contributed by atoms with Crippen molar-refractivity contribution in [3.63, 3.8) is 0 Å². The van der Waals surface area contributed by atoms with Gasteiger partial charge >= 0.3 is 0 Å². The first-order chi connectivity index (χ1) is 16.9. The number of benzene rings is 1. The number of hydrogen-bond donors (Lipinski definition) is 1. The molecule has 0 atom stereocenters. The van der Waals surface area contributed by atoms with Crippen molar-refractivity contribution in [1.82, 2.24) is 20.3 Å². The summed E-state index contributed by atoms with van der Waals surface area (Å²) in [6.07, 6.45) is 2.47. The number of rotatable bonds is 8. The van der Waals surface area contributed by atoms with Crippen LogP contribution >= 0.6 is 11.8 Å². The lowest BCUT2D eigenvalue weighted by Crippen LogP contribution is -2.37. The third-order valence-electron chi connectivity index (χ3n) is 5.75. The first-order valence-electron chi connectivity index (χ1n) is 12.0. The molecule has 0 spiro atoms. The highest BCUT2D eigenvalue weighted by atomic mass is 32.2. The molecule has 1 fully saturated rings. The van der Waals surface area contributed by atoms with E-state index in [4.69, 9.17) is 14.7 Å². The Labute approximate surface area is 211 Å². The summed E-state index contributed by atoms with van der Waals surface area (Å²) in [7, 11) is 0. The molecule has 1 aliphatic heterocycles. The van der Waals surface area contributed by atoms with E-state index in [0.29, 0.717) is 37.5 Å². The van der Waals surface area contributed by atoms with Gasteiger partial charge in [-0.1, -0.05) is 50.7 Å². The van der Waals surface area contributed by atoms with Crippen molar-refractivity contribution in [2.24, 2.45) is 0 Å². The van der Waals surface area contributed by atoms with Crippen molar-refractivity contribution in [1.29, 1.82) is 0 Å². The number of nitrogens with zero attached hydrogens (tertiary/aromatic N) is 4. The van der Waals surface area contributed by atoms with E-state index in [2.05, 4.69) is 42.0 Å². The largest absolute Gasteiger partial charge is 0.378 e.